The van der Waals surface area contributed by atoms with Crippen LogP contribution >= 0.6 is 0 Å². The molecule has 0 bridgehead atoms. The first kappa shape index (κ1) is 18.7. The minimum Gasteiger partial charge on any atom is -0.352 e. The molecule has 0 unspecified atom stereocenters. The lowest BCUT2D eigenvalue weighted by Crippen LogP contribution is -2.24. The maximum atomic E-state index is 12.4. The minimum atomic E-state index is -0.0790. The summed E-state index contributed by atoms with van der Waals surface area (Å²) in [6, 6.07) is 17.3. The molecule has 0 fully saturated rings. The zero-order valence-electron chi connectivity index (χ0n) is 15.7. The Morgan fingerprint density at radius 2 is 1.93 bits per heavy atom. The lowest BCUT2D eigenvalue weighted by atomic mass is 10.1. The predicted octanol–water partition coefficient (Wildman–Crippen LogP) is 4.02. The molecule has 138 valence electrons. The van der Waals surface area contributed by atoms with E-state index in [4.69, 9.17) is 0 Å². The highest BCUT2D eigenvalue weighted by Gasteiger charge is 2.09. The van der Waals surface area contributed by atoms with Gasteiger partial charge < -0.3 is 5.32 Å². The van der Waals surface area contributed by atoms with Crippen LogP contribution in [0.1, 0.15) is 47.9 Å². The van der Waals surface area contributed by atoms with E-state index in [1.54, 1.807) is 6.20 Å². The number of hydrogen-bond donors (Lipinski definition) is 1. The van der Waals surface area contributed by atoms with Crippen LogP contribution < -0.4 is 5.32 Å². The third kappa shape index (κ3) is 5.20. The highest BCUT2D eigenvalue weighted by molar-refractivity contribution is 5.95. The Morgan fingerprint density at radius 3 is 2.63 bits per heavy atom. The average Bonchev–Trinajstić information content (AvgIpc) is 2.72. The van der Waals surface area contributed by atoms with Crippen molar-refractivity contribution in [1.82, 2.24) is 20.5 Å². The number of carbonyl (C=O) groups excluding carboxylic acids is 1. The van der Waals surface area contributed by atoms with Crippen molar-refractivity contribution in [3.05, 3.63) is 77.7 Å². The number of nitrogens with one attached hydrogen (secondary N) is 1. The third-order valence-corrected chi connectivity index (χ3v) is 4.32. The van der Waals surface area contributed by atoms with Crippen LogP contribution in [0.5, 0.6) is 0 Å². The van der Waals surface area contributed by atoms with Gasteiger partial charge in [0.05, 0.1) is 11.4 Å². The summed E-state index contributed by atoms with van der Waals surface area (Å²) in [5.74, 6) is 0.263. The van der Waals surface area contributed by atoms with Crippen molar-refractivity contribution in [3.63, 3.8) is 0 Å². The molecule has 0 spiro atoms. The van der Waals surface area contributed by atoms with Crippen molar-refractivity contribution in [2.45, 2.75) is 32.6 Å². The van der Waals surface area contributed by atoms with E-state index in [2.05, 4.69) is 34.3 Å². The Labute approximate surface area is 159 Å². The fourth-order valence-corrected chi connectivity index (χ4v) is 2.74. The molecule has 0 aliphatic rings. The third-order valence-electron chi connectivity index (χ3n) is 4.32. The van der Waals surface area contributed by atoms with Gasteiger partial charge in [0.1, 0.15) is 0 Å². The van der Waals surface area contributed by atoms with Crippen molar-refractivity contribution in [1.29, 1.82) is 0 Å². The normalized spacial score (nSPS) is 10.8. The van der Waals surface area contributed by atoms with Crippen molar-refractivity contribution in [2.75, 3.05) is 6.54 Å². The van der Waals surface area contributed by atoms with Crippen LogP contribution in [0.4, 0.5) is 0 Å². The SMILES string of the molecule is CC(C)c1ccc(-c2cccc(C(=O)NCCCc3ccccn3)c2)nn1. The number of nitrogens with zero attached hydrogens (tertiary/aromatic N) is 3. The second kappa shape index (κ2) is 9.03. The molecule has 0 aliphatic carbocycles. The summed E-state index contributed by atoms with van der Waals surface area (Å²) < 4.78 is 0. The van der Waals surface area contributed by atoms with Gasteiger partial charge in [0.2, 0.25) is 0 Å². The molecule has 0 atom stereocenters. The van der Waals surface area contributed by atoms with E-state index in [0.29, 0.717) is 18.0 Å². The number of amides is 1. The van der Waals surface area contributed by atoms with Crippen LogP contribution in [0, 0.1) is 0 Å². The summed E-state index contributed by atoms with van der Waals surface area (Å²) in [5.41, 5.74) is 4.28. The summed E-state index contributed by atoms with van der Waals surface area (Å²) in [6.07, 6.45) is 3.49. The summed E-state index contributed by atoms with van der Waals surface area (Å²) >= 11 is 0. The van der Waals surface area contributed by atoms with Crippen LogP contribution in [0.2, 0.25) is 0 Å². The number of aromatic nitrogens is 3. The van der Waals surface area contributed by atoms with E-state index < -0.39 is 0 Å². The summed E-state index contributed by atoms with van der Waals surface area (Å²) in [6.45, 7) is 4.79. The molecule has 3 rings (SSSR count). The van der Waals surface area contributed by atoms with Gasteiger partial charge in [-0.2, -0.15) is 10.2 Å². The molecule has 2 heterocycles. The molecule has 1 N–H and O–H groups in total. The van der Waals surface area contributed by atoms with Gasteiger partial charge in [0, 0.05) is 29.6 Å². The quantitative estimate of drug-likeness (QED) is 0.646. The first-order valence-electron chi connectivity index (χ1n) is 9.25. The Hall–Kier alpha value is -3.08. The highest BCUT2D eigenvalue weighted by atomic mass is 16.1. The highest BCUT2D eigenvalue weighted by Crippen LogP contribution is 2.19. The predicted molar refractivity (Wildman–Crippen MR) is 106 cm³/mol. The van der Waals surface area contributed by atoms with Crippen LogP contribution in [-0.2, 0) is 6.42 Å². The number of aryl methyl sites for hydroxylation is 1. The number of pyridine rings is 1. The first-order valence-corrected chi connectivity index (χ1v) is 9.25. The first-order chi connectivity index (χ1) is 13.1. The number of rotatable bonds is 7. The zero-order chi connectivity index (χ0) is 19.1. The van der Waals surface area contributed by atoms with Gasteiger partial charge in [-0.3, -0.25) is 9.78 Å². The fourth-order valence-electron chi connectivity index (χ4n) is 2.74. The molecule has 0 saturated carbocycles. The summed E-state index contributed by atoms with van der Waals surface area (Å²) in [4.78, 5) is 16.7. The lowest BCUT2D eigenvalue weighted by Gasteiger charge is -2.08. The van der Waals surface area contributed by atoms with Crippen LogP contribution in [-0.4, -0.2) is 27.6 Å². The number of benzene rings is 1. The Morgan fingerprint density at radius 1 is 1.04 bits per heavy atom. The Kier molecular flexibility index (Phi) is 6.26. The standard InChI is InChI=1S/C22H24N4O/c1-16(2)20-11-12-21(26-25-20)17-7-5-8-18(15-17)22(27)24-14-6-10-19-9-3-4-13-23-19/h3-5,7-9,11-13,15-16H,6,10,14H2,1-2H3,(H,24,27). The Balaban J connectivity index is 1.58. The maximum absolute atomic E-state index is 12.4. The molecule has 27 heavy (non-hydrogen) atoms. The van der Waals surface area contributed by atoms with Gasteiger partial charge >= 0.3 is 0 Å². The number of carbonyl (C=O) groups is 1. The zero-order valence-corrected chi connectivity index (χ0v) is 15.7. The molecule has 5 heteroatoms. The van der Waals surface area contributed by atoms with Gasteiger partial charge in [-0.05, 0) is 55.2 Å². The van der Waals surface area contributed by atoms with Crippen LogP contribution in [0.15, 0.2) is 60.8 Å². The fraction of sp³-hybridized carbons (Fsp3) is 0.273. The molecular weight excluding hydrogens is 336 g/mol. The topological polar surface area (TPSA) is 67.8 Å². The monoisotopic (exact) mass is 360 g/mol. The Bertz CT molecular complexity index is 876. The molecule has 0 radical (unpaired) electrons. The van der Waals surface area contributed by atoms with Gasteiger partial charge in [-0.15, -0.1) is 0 Å². The smallest absolute Gasteiger partial charge is 0.251 e. The summed E-state index contributed by atoms with van der Waals surface area (Å²) in [5, 5.41) is 11.5. The van der Waals surface area contributed by atoms with Crippen molar-refractivity contribution < 1.29 is 4.79 Å². The molecule has 3 aromatic rings. The van der Waals surface area contributed by atoms with E-state index in [-0.39, 0.29) is 5.91 Å². The molecule has 0 saturated heterocycles. The van der Waals surface area contributed by atoms with Gasteiger partial charge in [-0.25, -0.2) is 0 Å². The molecule has 5 nitrogen and oxygen atoms in total. The molecular formula is C22H24N4O. The average molecular weight is 360 g/mol. The minimum absolute atomic E-state index is 0.0790. The summed E-state index contributed by atoms with van der Waals surface area (Å²) in [7, 11) is 0. The second-order valence-electron chi connectivity index (χ2n) is 6.76. The van der Waals surface area contributed by atoms with E-state index in [1.165, 1.54) is 0 Å². The molecule has 2 aromatic heterocycles. The van der Waals surface area contributed by atoms with E-state index in [1.807, 2.05) is 54.6 Å². The molecule has 1 aromatic carbocycles. The van der Waals surface area contributed by atoms with Crippen LogP contribution in [0.3, 0.4) is 0 Å². The molecule has 0 aliphatic heterocycles. The van der Waals surface area contributed by atoms with Crippen LogP contribution in [0.25, 0.3) is 11.3 Å². The number of hydrogen-bond acceptors (Lipinski definition) is 4. The maximum Gasteiger partial charge on any atom is 0.251 e. The van der Waals surface area contributed by atoms with E-state index in [0.717, 1.165) is 35.5 Å². The van der Waals surface area contributed by atoms with Gasteiger partial charge in [0.15, 0.2) is 0 Å². The largest absolute Gasteiger partial charge is 0.352 e. The van der Waals surface area contributed by atoms with Gasteiger partial charge in [0.25, 0.3) is 5.91 Å². The van der Waals surface area contributed by atoms with E-state index >= 15 is 0 Å². The van der Waals surface area contributed by atoms with Crippen molar-refractivity contribution in [2.24, 2.45) is 0 Å². The van der Waals surface area contributed by atoms with E-state index in [9.17, 15) is 4.79 Å². The second-order valence-corrected chi connectivity index (χ2v) is 6.76. The lowest BCUT2D eigenvalue weighted by molar-refractivity contribution is 0.0953. The van der Waals surface area contributed by atoms with Crippen molar-refractivity contribution in [3.8, 4) is 11.3 Å². The van der Waals surface area contributed by atoms with Gasteiger partial charge in [-0.1, -0.05) is 32.0 Å². The van der Waals surface area contributed by atoms with Crippen molar-refractivity contribution >= 4 is 5.91 Å². The molecule has 1 amide bonds.